The molecule has 1 aliphatic rings. The van der Waals surface area contributed by atoms with Gasteiger partial charge < -0.3 is 20.7 Å². The van der Waals surface area contributed by atoms with Crippen molar-refractivity contribution >= 4 is 23.8 Å². The number of imide groups is 1. The Morgan fingerprint density at radius 2 is 1.86 bits per heavy atom. The normalized spacial score (nSPS) is 19.5. The number of carbonyl (C=O) groups excluding carboxylic acids is 4. The molecule has 1 saturated heterocycles. The molecule has 9 nitrogen and oxygen atoms in total. The number of nitrogens with zero attached hydrogens (tertiary/aromatic N) is 1. The molecule has 0 aromatic heterocycles. The first kappa shape index (κ1) is 22.2. The van der Waals surface area contributed by atoms with Crippen molar-refractivity contribution in [1.82, 2.24) is 20.9 Å². The first-order valence-electron chi connectivity index (χ1n) is 9.64. The molecule has 0 aliphatic carbocycles. The summed E-state index contributed by atoms with van der Waals surface area (Å²) in [6, 6.07) is 5.42. The number of benzene rings is 1. The number of methoxy groups -OCH3 is 1. The third kappa shape index (κ3) is 4.67. The van der Waals surface area contributed by atoms with Gasteiger partial charge >= 0.3 is 6.03 Å². The standard InChI is InChI=1S/C20H28N4O5/c1-5-11-21-17(26)13(3)22-16(25)12-24-18(27)20(6-2,23-19(24)28)14-7-9-15(29-4)10-8-14/h7-10,13H,5-6,11-12H2,1-4H3,(H,21,26)(H,22,25)(H,23,28)/t13-,20-/m0/s1. The molecular formula is C20H28N4O5. The molecule has 0 saturated carbocycles. The van der Waals surface area contributed by atoms with Crippen molar-refractivity contribution in [3.63, 3.8) is 0 Å². The molecule has 0 spiro atoms. The van der Waals surface area contributed by atoms with Gasteiger partial charge in [0.25, 0.3) is 5.91 Å². The smallest absolute Gasteiger partial charge is 0.325 e. The third-order valence-electron chi connectivity index (χ3n) is 4.91. The fraction of sp³-hybridized carbons (Fsp3) is 0.500. The molecule has 1 fully saturated rings. The Morgan fingerprint density at radius 3 is 2.41 bits per heavy atom. The summed E-state index contributed by atoms with van der Waals surface area (Å²) in [4.78, 5) is 50.6. The summed E-state index contributed by atoms with van der Waals surface area (Å²) in [6.07, 6.45) is 1.09. The monoisotopic (exact) mass is 404 g/mol. The minimum absolute atomic E-state index is 0.317. The highest BCUT2D eigenvalue weighted by atomic mass is 16.5. The van der Waals surface area contributed by atoms with Gasteiger partial charge in [0.15, 0.2) is 0 Å². The lowest BCUT2D eigenvalue weighted by Gasteiger charge is -2.26. The van der Waals surface area contributed by atoms with E-state index >= 15 is 0 Å². The summed E-state index contributed by atoms with van der Waals surface area (Å²) < 4.78 is 5.13. The van der Waals surface area contributed by atoms with Gasteiger partial charge in [-0.25, -0.2) is 4.79 Å². The molecule has 1 heterocycles. The van der Waals surface area contributed by atoms with E-state index in [2.05, 4.69) is 16.0 Å². The fourth-order valence-corrected chi connectivity index (χ4v) is 3.18. The van der Waals surface area contributed by atoms with Crippen molar-refractivity contribution in [2.75, 3.05) is 20.2 Å². The Hall–Kier alpha value is -3.10. The van der Waals surface area contributed by atoms with E-state index in [0.29, 0.717) is 24.3 Å². The Bertz CT molecular complexity index is 780. The van der Waals surface area contributed by atoms with E-state index in [-0.39, 0.29) is 5.91 Å². The minimum Gasteiger partial charge on any atom is -0.497 e. The lowest BCUT2D eigenvalue weighted by atomic mass is 9.87. The second-order valence-corrected chi connectivity index (χ2v) is 6.89. The summed E-state index contributed by atoms with van der Waals surface area (Å²) in [5.41, 5.74) is -0.636. The van der Waals surface area contributed by atoms with Gasteiger partial charge in [0, 0.05) is 6.54 Å². The largest absolute Gasteiger partial charge is 0.497 e. The molecule has 0 unspecified atom stereocenters. The highest BCUT2D eigenvalue weighted by Gasteiger charge is 2.51. The fourth-order valence-electron chi connectivity index (χ4n) is 3.18. The number of amides is 5. The van der Waals surface area contributed by atoms with E-state index in [1.165, 1.54) is 7.11 Å². The number of hydrogen-bond acceptors (Lipinski definition) is 5. The number of carbonyl (C=O) groups is 4. The second kappa shape index (κ2) is 9.40. The van der Waals surface area contributed by atoms with Crippen LogP contribution in [-0.4, -0.2) is 54.9 Å². The summed E-state index contributed by atoms with van der Waals surface area (Å²) in [5, 5.41) is 7.91. The van der Waals surface area contributed by atoms with Crippen LogP contribution >= 0.6 is 0 Å². The predicted octanol–water partition coefficient (Wildman–Crippen LogP) is 0.883. The molecule has 3 N–H and O–H groups in total. The van der Waals surface area contributed by atoms with Crippen LogP contribution in [0.5, 0.6) is 5.75 Å². The van der Waals surface area contributed by atoms with Crippen LogP contribution in [-0.2, 0) is 19.9 Å². The molecule has 5 amide bonds. The molecule has 0 radical (unpaired) electrons. The number of ether oxygens (including phenoxy) is 1. The molecular weight excluding hydrogens is 376 g/mol. The zero-order valence-electron chi connectivity index (χ0n) is 17.2. The minimum atomic E-state index is -1.24. The van der Waals surface area contributed by atoms with Gasteiger partial charge in [-0.05, 0) is 37.5 Å². The van der Waals surface area contributed by atoms with Crippen LogP contribution in [0.25, 0.3) is 0 Å². The van der Waals surface area contributed by atoms with Crippen LogP contribution in [0, 0.1) is 0 Å². The van der Waals surface area contributed by atoms with Crippen molar-refractivity contribution in [3.05, 3.63) is 29.8 Å². The molecule has 1 aromatic carbocycles. The molecule has 1 aliphatic heterocycles. The number of hydrogen-bond donors (Lipinski definition) is 3. The van der Waals surface area contributed by atoms with Gasteiger partial charge in [-0.3, -0.25) is 19.3 Å². The van der Waals surface area contributed by atoms with E-state index in [1.807, 2.05) is 6.92 Å². The highest BCUT2D eigenvalue weighted by Crippen LogP contribution is 2.33. The quantitative estimate of drug-likeness (QED) is 0.529. The van der Waals surface area contributed by atoms with Crippen LogP contribution in [0.3, 0.4) is 0 Å². The Kier molecular flexibility index (Phi) is 7.19. The van der Waals surface area contributed by atoms with E-state index in [4.69, 9.17) is 4.74 Å². The molecule has 9 heteroatoms. The maximum absolute atomic E-state index is 13.1. The summed E-state index contributed by atoms with van der Waals surface area (Å²) >= 11 is 0. The van der Waals surface area contributed by atoms with Crippen LogP contribution in [0.2, 0.25) is 0 Å². The first-order chi connectivity index (χ1) is 13.8. The van der Waals surface area contributed by atoms with Gasteiger partial charge in [-0.1, -0.05) is 26.0 Å². The van der Waals surface area contributed by atoms with Crippen LogP contribution in [0.4, 0.5) is 4.79 Å². The number of urea groups is 1. The topological polar surface area (TPSA) is 117 Å². The van der Waals surface area contributed by atoms with Crippen molar-refractivity contribution in [1.29, 1.82) is 0 Å². The Balaban J connectivity index is 2.10. The zero-order chi connectivity index (χ0) is 21.6. The molecule has 2 atom stereocenters. The molecule has 2 rings (SSSR count). The maximum Gasteiger partial charge on any atom is 0.325 e. The predicted molar refractivity (Wildman–Crippen MR) is 106 cm³/mol. The van der Waals surface area contributed by atoms with Crippen LogP contribution in [0.1, 0.15) is 39.2 Å². The molecule has 0 bridgehead atoms. The van der Waals surface area contributed by atoms with E-state index in [1.54, 1.807) is 38.1 Å². The number of nitrogens with one attached hydrogen (secondary N) is 3. The van der Waals surface area contributed by atoms with Crippen molar-refractivity contribution in [3.8, 4) is 5.75 Å². The third-order valence-corrected chi connectivity index (χ3v) is 4.91. The maximum atomic E-state index is 13.1. The van der Waals surface area contributed by atoms with Crippen molar-refractivity contribution in [2.24, 2.45) is 0 Å². The summed E-state index contributed by atoms with van der Waals surface area (Å²) in [6.45, 7) is 5.29. The molecule has 1 aromatic rings. The average Bonchev–Trinajstić information content (AvgIpc) is 2.96. The Labute approximate surface area is 170 Å². The summed E-state index contributed by atoms with van der Waals surface area (Å²) in [7, 11) is 1.54. The Morgan fingerprint density at radius 1 is 1.21 bits per heavy atom. The zero-order valence-corrected chi connectivity index (χ0v) is 17.2. The second-order valence-electron chi connectivity index (χ2n) is 6.89. The van der Waals surface area contributed by atoms with Crippen molar-refractivity contribution in [2.45, 2.75) is 45.2 Å². The molecule has 158 valence electrons. The molecule has 29 heavy (non-hydrogen) atoms. The lowest BCUT2D eigenvalue weighted by Crippen LogP contribution is -2.49. The summed E-state index contributed by atoms with van der Waals surface area (Å²) in [5.74, 6) is -0.787. The van der Waals surface area contributed by atoms with Crippen LogP contribution < -0.4 is 20.7 Å². The van der Waals surface area contributed by atoms with Gasteiger partial charge in [0.05, 0.1) is 7.11 Å². The first-order valence-corrected chi connectivity index (χ1v) is 9.64. The van der Waals surface area contributed by atoms with Crippen molar-refractivity contribution < 1.29 is 23.9 Å². The van der Waals surface area contributed by atoms with Crippen LogP contribution in [0.15, 0.2) is 24.3 Å². The van der Waals surface area contributed by atoms with E-state index in [0.717, 1.165) is 11.3 Å². The van der Waals surface area contributed by atoms with Gasteiger partial charge in [-0.15, -0.1) is 0 Å². The SMILES string of the molecule is CCCNC(=O)[C@H](C)NC(=O)CN1C(=O)N[C@@](CC)(c2ccc(OC)cc2)C1=O. The van der Waals surface area contributed by atoms with Gasteiger partial charge in [0.1, 0.15) is 23.9 Å². The van der Waals surface area contributed by atoms with E-state index < -0.39 is 36.0 Å². The highest BCUT2D eigenvalue weighted by molar-refractivity contribution is 6.09. The van der Waals surface area contributed by atoms with Gasteiger partial charge in [0.2, 0.25) is 11.8 Å². The van der Waals surface area contributed by atoms with Gasteiger partial charge in [-0.2, -0.15) is 0 Å². The number of rotatable bonds is 9. The average molecular weight is 404 g/mol. The van der Waals surface area contributed by atoms with E-state index in [9.17, 15) is 19.2 Å². The lowest BCUT2D eigenvalue weighted by molar-refractivity contribution is -0.136.